The fourth-order valence-corrected chi connectivity index (χ4v) is 1.64. The van der Waals surface area contributed by atoms with E-state index >= 15 is 0 Å². The Hall–Kier alpha value is -1.13. The minimum atomic E-state index is -0.0207. The van der Waals surface area contributed by atoms with Crippen molar-refractivity contribution in [3.05, 3.63) is 23.5 Å². The van der Waals surface area contributed by atoms with Crippen LogP contribution in [0.25, 0.3) is 0 Å². The molecular weight excluding hydrogens is 238 g/mol. The van der Waals surface area contributed by atoms with Gasteiger partial charge in [0.15, 0.2) is 5.15 Å². The fraction of sp³-hybridized carbons (Fsp3) is 0.500. The highest BCUT2D eigenvalue weighted by Crippen LogP contribution is 2.17. The molecule has 0 unspecified atom stereocenters. The molecule has 94 valence electrons. The lowest BCUT2D eigenvalue weighted by Crippen LogP contribution is -2.11. The van der Waals surface area contributed by atoms with Crippen LogP contribution in [-0.4, -0.2) is 17.4 Å². The summed E-state index contributed by atoms with van der Waals surface area (Å²) in [5.74, 6) is -0.0207. The molecule has 0 saturated heterocycles. The Balaban J connectivity index is 2.23. The largest absolute Gasteiger partial charge is 0.330 e. The zero-order chi connectivity index (χ0) is 12.5. The van der Waals surface area contributed by atoms with E-state index in [-0.39, 0.29) is 5.91 Å². The molecule has 0 radical (unpaired) electrons. The molecule has 1 rings (SSSR count). The number of hydrogen-bond donors (Lipinski definition) is 2. The second-order valence-electron chi connectivity index (χ2n) is 3.84. The molecule has 0 spiro atoms. The molecule has 1 aromatic heterocycles. The molecule has 0 aliphatic rings. The van der Waals surface area contributed by atoms with E-state index in [0.29, 0.717) is 17.3 Å². The van der Waals surface area contributed by atoms with Crippen molar-refractivity contribution in [1.82, 2.24) is 4.98 Å². The lowest BCUT2D eigenvalue weighted by molar-refractivity contribution is -0.116. The first-order chi connectivity index (χ1) is 8.24. The normalized spacial score (nSPS) is 10.2. The Morgan fingerprint density at radius 2 is 2.12 bits per heavy atom. The number of hydrogen-bond acceptors (Lipinski definition) is 3. The molecular formula is C12H18ClN3O. The van der Waals surface area contributed by atoms with Crippen LogP contribution in [0.1, 0.15) is 32.1 Å². The van der Waals surface area contributed by atoms with Crippen LogP contribution in [0.3, 0.4) is 0 Å². The van der Waals surface area contributed by atoms with E-state index in [2.05, 4.69) is 10.3 Å². The predicted molar refractivity (Wildman–Crippen MR) is 70.0 cm³/mol. The summed E-state index contributed by atoms with van der Waals surface area (Å²) in [4.78, 5) is 15.5. The quantitative estimate of drug-likeness (QED) is 0.581. The third-order valence-corrected chi connectivity index (χ3v) is 2.69. The monoisotopic (exact) mass is 255 g/mol. The van der Waals surface area contributed by atoms with E-state index in [1.807, 2.05) is 0 Å². The zero-order valence-electron chi connectivity index (χ0n) is 9.79. The van der Waals surface area contributed by atoms with Gasteiger partial charge >= 0.3 is 0 Å². The maximum absolute atomic E-state index is 11.6. The highest BCUT2D eigenvalue weighted by Gasteiger charge is 2.05. The highest BCUT2D eigenvalue weighted by atomic mass is 35.5. The average Bonchev–Trinajstić information content (AvgIpc) is 2.32. The van der Waals surface area contributed by atoms with Crippen LogP contribution in [0, 0.1) is 0 Å². The highest BCUT2D eigenvalue weighted by molar-refractivity contribution is 6.32. The van der Waals surface area contributed by atoms with E-state index in [1.165, 1.54) is 0 Å². The van der Waals surface area contributed by atoms with Crippen LogP contribution in [0.2, 0.25) is 5.15 Å². The third-order valence-electron chi connectivity index (χ3n) is 2.39. The molecule has 1 heterocycles. The van der Waals surface area contributed by atoms with Crippen molar-refractivity contribution in [2.24, 2.45) is 5.73 Å². The molecule has 4 nitrogen and oxygen atoms in total. The van der Waals surface area contributed by atoms with Gasteiger partial charge in [-0.15, -0.1) is 0 Å². The first kappa shape index (κ1) is 13.9. The van der Waals surface area contributed by atoms with Gasteiger partial charge in [0.2, 0.25) is 5.91 Å². The zero-order valence-corrected chi connectivity index (χ0v) is 10.5. The van der Waals surface area contributed by atoms with Gasteiger partial charge in [0.1, 0.15) is 0 Å². The molecule has 1 amide bonds. The van der Waals surface area contributed by atoms with E-state index in [1.54, 1.807) is 18.3 Å². The number of carbonyl (C=O) groups excluding carboxylic acids is 1. The number of aromatic nitrogens is 1. The van der Waals surface area contributed by atoms with Gasteiger partial charge in [0.25, 0.3) is 0 Å². The summed E-state index contributed by atoms with van der Waals surface area (Å²) in [6.07, 6.45) is 6.11. The molecule has 0 aliphatic carbocycles. The number of halogens is 1. The van der Waals surface area contributed by atoms with Crippen molar-refractivity contribution < 1.29 is 4.79 Å². The maximum Gasteiger partial charge on any atom is 0.224 e. The van der Waals surface area contributed by atoms with E-state index < -0.39 is 0 Å². The number of nitrogens with zero attached hydrogens (tertiary/aromatic N) is 1. The van der Waals surface area contributed by atoms with Crippen molar-refractivity contribution in [2.75, 3.05) is 11.9 Å². The molecule has 0 aromatic carbocycles. The molecule has 0 atom stereocenters. The molecule has 0 fully saturated rings. The number of nitrogens with one attached hydrogen (secondary N) is 1. The summed E-state index contributed by atoms with van der Waals surface area (Å²) < 4.78 is 0. The fourth-order valence-electron chi connectivity index (χ4n) is 1.48. The first-order valence-corrected chi connectivity index (χ1v) is 6.22. The summed E-state index contributed by atoms with van der Waals surface area (Å²) in [6, 6.07) is 3.48. The van der Waals surface area contributed by atoms with Crippen molar-refractivity contribution >= 4 is 23.2 Å². The summed E-state index contributed by atoms with van der Waals surface area (Å²) >= 11 is 5.83. The van der Waals surface area contributed by atoms with Crippen LogP contribution >= 0.6 is 11.6 Å². The minimum absolute atomic E-state index is 0.0207. The average molecular weight is 256 g/mol. The van der Waals surface area contributed by atoms with Gasteiger partial charge in [-0.1, -0.05) is 24.4 Å². The summed E-state index contributed by atoms with van der Waals surface area (Å²) in [6.45, 7) is 0.720. The number of carbonyl (C=O) groups is 1. The second-order valence-corrected chi connectivity index (χ2v) is 4.20. The number of anilines is 1. The van der Waals surface area contributed by atoms with Gasteiger partial charge in [-0.05, 0) is 31.5 Å². The Kier molecular flexibility index (Phi) is 6.58. The lowest BCUT2D eigenvalue weighted by atomic mass is 10.1. The van der Waals surface area contributed by atoms with Crippen LogP contribution in [0.15, 0.2) is 18.3 Å². The van der Waals surface area contributed by atoms with Crippen LogP contribution in [-0.2, 0) is 4.79 Å². The number of nitrogens with two attached hydrogens (primary N) is 1. The minimum Gasteiger partial charge on any atom is -0.330 e. The Morgan fingerprint density at radius 1 is 1.35 bits per heavy atom. The molecule has 5 heteroatoms. The molecule has 3 N–H and O–H groups in total. The SMILES string of the molecule is NCCCCCCC(=O)Nc1cccnc1Cl. The van der Waals surface area contributed by atoms with Gasteiger partial charge in [0.05, 0.1) is 5.69 Å². The van der Waals surface area contributed by atoms with Crippen molar-refractivity contribution in [2.45, 2.75) is 32.1 Å². The van der Waals surface area contributed by atoms with Gasteiger partial charge in [-0.2, -0.15) is 0 Å². The number of unbranched alkanes of at least 4 members (excludes halogenated alkanes) is 3. The van der Waals surface area contributed by atoms with Gasteiger partial charge in [-0.3, -0.25) is 4.79 Å². The van der Waals surface area contributed by atoms with Crippen molar-refractivity contribution in [1.29, 1.82) is 0 Å². The van der Waals surface area contributed by atoms with Crippen LogP contribution in [0.4, 0.5) is 5.69 Å². The molecule has 0 saturated carbocycles. The Labute approximate surface area is 107 Å². The van der Waals surface area contributed by atoms with E-state index in [9.17, 15) is 4.79 Å². The maximum atomic E-state index is 11.6. The Morgan fingerprint density at radius 3 is 2.82 bits per heavy atom. The van der Waals surface area contributed by atoms with Crippen LogP contribution < -0.4 is 11.1 Å². The lowest BCUT2D eigenvalue weighted by Gasteiger charge is -2.05. The van der Waals surface area contributed by atoms with Crippen molar-refractivity contribution in [3.63, 3.8) is 0 Å². The number of pyridine rings is 1. The van der Waals surface area contributed by atoms with Gasteiger partial charge < -0.3 is 11.1 Å². The number of rotatable bonds is 7. The summed E-state index contributed by atoms with van der Waals surface area (Å²) in [5.41, 5.74) is 5.96. The van der Waals surface area contributed by atoms with Gasteiger partial charge in [-0.25, -0.2) is 4.98 Å². The van der Waals surface area contributed by atoms with Crippen LogP contribution in [0.5, 0.6) is 0 Å². The molecule has 0 aliphatic heterocycles. The predicted octanol–water partition coefficient (Wildman–Crippen LogP) is 2.58. The molecule has 17 heavy (non-hydrogen) atoms. The smallest absolute Gasteiger partial charge is 0.224 e. The topological polar surface area (TPSA) is 68.0 Å². The molecule has 0 bridgehead atoms. The first-order valence-electron chi connectivity index (χ1n) is 5.84. The third kappa shape index (κ3) is 5.65. The molecule has 1 aromatic rings. The summed E-state index contributed by atoms with van der Waals surface area (Å²) in [5, 5.41) is 3.07. The van der Waals surface area contributed by atoms with Crippen molar-refractivity contribution in [3.8, 4) is 0 Å². The summed E-state index contributed by atoms with van der Waals surface area (Å²) in [7, 11) is 0. The Bertz CT molecular complexity index is 357. The van der Waals surface area contributed by atoms with Gasteiger partial charge in [0, 0.05) is 12.6 Å². The van der Waals surface area contributed by atoms with E-state index in [0.717, 1.165) is 32.2 Å². The standard InChI is InChI=1S/C12H18ClN3O/c13-12-10(6-5-9-15-12)16-11(17)7-3-1-2-4-8-14/h5-6,9H,1-4,7-8,14H2,(H,16,17). The van der Waals surface area contributed by atoms with E-state index in [4.69, 9.17) is 17.3 Å². The number of amides is 1. The second kappa shape index (κ2) is 8.03.